The summed E-state index contributed by atoms with van der Waals surface area (Å²) in [6, 6.07) is 17.0. The number of nitrogens with two attached hydrogens (primary N) is 1. The predicted molar refractivity (Wildman–Crippen MR) is 115 cm³/mol. The van der Waals surface area contributed by atoms with Crippen molar-refractivity contribution in [1.82, 2.24) is 0 Å². The Morgan fingerprint density at radius 3 is 2.76 bits per heavy atom. The van der Waals surface area contributed by atoms with Crippen LogP contribution in [0.15, 0.2) is 48.5 Å². The molecule has 2 aromatic rings. The van der Waals surface area contributed by atoms with Crippen molar-refractivity contribution in [3.05, 3.63) is 65.2 Å². The van der Waals surface area contributed by atoms with Gasteiger partial charge in [0, 0.05) is 11.8 Å². The summed E-state index contributed by atoms with van der Waals surface area (Å²) < 4.78 is 6.07. The molecule has 3 aliphatic carbocycles. The van der Waals surface area contributed by atoms with Crippen LogP contribution in [-0.4, -0.2) is 12.3 Å². The summed E-state index contributed by atoms with van der Waals surface area (Å²) in [6.45, 7) is 3.47. The van der Waals surface area contributed by atoms with Gasteiger partial charge in [-0.15, -0.1) is 0 Å². The lowest BCUT2D eigenvalue weighted by molar-refractivity contribution is -0.129. The Labute approximate surface area is 173 Å². The van der Waals surface area contributed by atoms with Crippen LogP contribution in [0.1, 0.15) is 55.2 Å². The van der Waals surface area contributed by atoms with E-state index >= 15 is 0 Å². The SMILES string of the molecule is C[C@]12CC[C@@H]3c4ccc(OCc5ccccc5)cc4CC[C@H]3[C@@H]1[C@@H](CN)CC2=O. The molecule has 0 bridgehead atoms. The van der Waals surface area contributed by atoms with Crippen LogP contribution in [0.25, 0.3) is 0 Å². The molecule has 3 aliphatic rings. The molecule has 0 amide bonds. The van der Waals surface area contributed by atoms with Crippen molar-refractivity contribution in [1.29, 1.82) is 0 Å². The predicted octanol–water partition coefficient (Wildman–Crippen LogP) is 4.88. The quantitative estimate of drug-likeness (QED) is 0.811. The minimum absolute atomic E-state index is 0.137. The van der Waals surface area contributed by atoms with Gasteiger partial charge in [-0.25, -0.2) is 0 Å². The number of benzene rings is 2. The number of aryl methyl sites for hydroxylation is 1. The summed E-state index contributed by atoms with van der Waals surface area (Å²) in [6.07, 6.45) is 5.08. The van der Waals surface area contributed by atoms with Crippen molar-refractivity contribution in [3.63, 3.8) is 0 Å². The monoisotopic (exact) mass is 389 g/mol. The minimum atomic E-state index is -0.137. The topological polar surface area (TPSA) is 52.3 Å². The van der Waals surface area contributed by atoms with E-state index in [4.69, 9.17) is 10.5 Å². The first-order valence-electron chi connectivity index (χ1n) is 11.1. The highest BCUT2D eigenvalue weighted by molar-refractivity contribution is 5.87. The van der Waals surface area contributed by atoms with Gasteiger partial charge in [0.1, 0.15) is 18.1 Å². The molecule has 0 unspecified atom stereocenters. The second kappa shape index (κ2) is 7.28. The van der Waals surface area contributed by atoms with E-state index in [9.17, 15) is 4.79 Å². The number of fused-ring (bicyclic) bond motifs is 5. The molecule has 152 valence electrons. The van der Waals surface area contributed by atoms with Crippen molar-refractivity contribution in [2.75, 3.05) is 6.54 Å². The first-order valence-corrected chi connectivity index (χ1v) is 11.1. The standard InChI is InChI=1S/C26H31NO2/c1-26-12-11-22-21-10-8-20(29-16-17-5-3-2-4-6-17)13-18(21)7-9-23(22)25(26)19(15-27)14-24(26)28/h2-6,8,10,13,19,22-23,25H,7,9,11-12,14-16,27H2,1H3/t19-,22-,23-,25+,26-/m1/s1. The molecule has 0 aromatic heterocycles. The highest BCUT2D eigenvalue weighted by Gasteiger charge is 2.58. The molecule has 2 saturated carbocycles. The van der Waals surface area contributed by atoms with Crippen LogP contribution in [0.5, 0.6) is 5.75 Å². The van der Waals surface area contributed by atoms with Crippen LogP contribution in [0.4, 0.5) is 0 Å². The minimum Gasteiger partial charge on any atom is -0.489 e. The fraction of sp³-hybridized carbons (Fsp3) is 0.500. The number of carbonyl (C=O) groups excluding carboxylic acids is 1. The van der Waals surface area contributed by atoms with E-state index in [0.717, 1.165) is 25.0 Å². The van der Waals surface area contributed by atoms with Gasteiger partial charge in [-0.05, 0) is 84.7 Å². The molecule has 0 aliphatic heterocycles. The van der Waals surface area contributed by atoms with Crippen molar-refractivity contribution in [3.8, 4) is 5.75 Å². The molecule has 0 saturated heterocycles. The molecule has 5 atom stereocenters. The largest absolute Gasteiger partial charge is 0.489 e. The van der Waals surface area contributed by atoms with E-state index < -0.39 is 0 Å². The smallest absolute Gasteiger partial charge is 0.139 e. The van der Waals surface area contributed by atoms with Gasteiger partial charge in [0.2, 0.25) is 0 Å². The Morgan fingerprint density at radius 1 is 1.14 bits per heavy atom. The zero-order valence-electron chi connectivity index (χ0n) is 17.3. The lowest BCUT2D eigenvalue weighted by atomic mass is 9.54. The number of carbonyl (C=O) groups is 1. The summed E-state index contributed by atoms with van der Waals surface area (Å²) in [7, 11) is 0. The molecule has 0 spiro atoms. The molecule has 2 aromatic carbocycles. The van der Waals surface area contributed by atoms with E-state index in [2.05, 4.69) is 37.3 Å². The number of hydrogen-bond donors (Lipinski definition) is 1. The first-order chi connectivity index (χ1) is 14.1. The van der Waals surface area contributed by atoms with Crippen molar-refractivity contribution in [2.24, 2.45) is 28.9 Å². The van der Waals surface area contributed by atoms with E-state index in [1.54, 1.807) is 0 Å². The Morgan fingerprint density at radius 2 is 1.97 bits per heavy atom. The second-order valence-electron chi connectivity index (χ2n) is 9.55. The maximum absolute atomic E-state index is 12.8. The molecule has 2 N–H and O–H groups in total. The van der Waals surface area contributed by atoms with Gasteiger partial charge < -0.3 is 10.5 Å². The summed E-state index contributed by atoms with van der Waals surface area (Å²) in [5.41, 5.74) is 10.1. The normalized spacial score (nSPS) is 33.0. The first kappa shape index (κ1) is 18.9. The Hall–Kier alpha value is -2.13. The van der Waals surface area contributed by atoms with Crippen LogP contribution < -0.4 is 10.5 Å². The summed E-state index contributed by atoms with van der Waals surface area (Å²) >= 11 is 0. The molecule has 5 rings (SSSR count). The molecule has 29 heavy (non-hydrogen) atoms. The van der Waals surface area contributed by atoms with Gasteiger partial charge in [0.15, 0.2) is 0 Å². The zero-order chi connectivity index (χ0) is 20.0. The lowest BCUT2D eigenvalue weighted by Crippen LogP contribution is -2.45. The fourth-order valence-electron chi connectivity index (χ4n) is 6.66. The summed E-state index contributed by atoms with van der Waals surface area (Å²) in [5.74, 6) is 3.42. The highest BCUT2D eigenvalue weighted by Crippen LogP contribution is 2.61. The van der Waals surface area contributed by atoms with Crippen molar-refractivity contribution in [2.45, 2.75) is 51.6 Å². The number of ketones is 1. The van der Waals surface area contributed by atoms with Gasteiger partial charge in [0.05, 0.1) is 0 Å². The van der Waals surface area contributed by atoms with Crippen LogP contribution in [0.2, 0.25) is 0 Å². The Bertz CT molecular complexity index is 908. The van der Waals surface area contributed by atoms with Gasteiger partial charge in [-0.2, -0.15) is 0 Å². The molecular weight excluding hydrogens is 358 g/mol. The lowest BCUT2D eigenvalue weighted by Gasteiger charge is -2.49. The van der Waals surface area contributed by atoms with Gasteiger partial charge in [0.25, 0.3) is 0 Å². The Kier molecular flexibility index (Phi) is 4.74. The number of Topliss-reactive ketones (excluding diaryl/α,β-unsaturated/α-hetero) is 1. The zero-order valence-corrected chi connectivity index (χ0v) is 17.3. The maximum atomic E-state index is 12.8. The van der Waals surface area contributed by atoms with Gasteiger partial charge in [-0.3, -0.25) is 4.79 Å². The molecule has 2 fully saturated rings. The molecule has 3 nitrogen and oxygen atoms in total. The second-order valence-corrected chi connectivity index (χ2v) is 9.55. The van der Waals surface area contributed by atoms with E-state index in [1.165, 1.54) is 23.1 Å². The Balaban J connectivity index is 1.37. The van der Waals surface area contributed by atoms with Crippen LogP contribution in [-0.2, 0) is 17.8 Å². The van der Waals surface area contributed by atoms with Crippen molar-refractivity contribution < 1.29 is 9.53 Å². The number of ether oxygens (including phenoxy) is 1. The number of hydrogen-bond acceptors (Lipinski definition) is 3. The van der Waals surface area contributed by atoms with Crippen LogP contribution in [0.3, 0.4) is 0 Å². The molecule has 3 heteroatoms. The summed E-state index contributed by atoms with van der Waals surface area (Å²) in [4.78, 5) is 12.8. The molecule has 0 heterocycles. The number of rotatable bonds is 4. The van der Waals surface area contributed by atoms with Crippen LogP contribution in [0, 0.1) is 23.2 Å². The third-order valence-electron chi connectivity index (χ3n) is 8.09. The maximum Gasteiger partial charge on any atom is 0.139 e. The highest BCUT2D eigenvalue weighted by atomic mass is 16.5. The third kappa shape index (κ3) is 3.11. The van der Waals surface area contributed by atoms with Crippen LogP contribution >= 0.6 is 0 Å². The van der Waals surface area contributed by atoms with Crippen molar-refractivity contribution >= 4 is 5.78 Å². The van der Waals surface area contributed by atoms with E-state index in [-0.39, 0.29) is 5.41 Å². The van der Waals surface area contributed by atoms with Gasteiger partial charge in [-0.1, -0.05) is 43.3 Å². The average molecular weight is 390 g/mol. The third-order valence-corrected chi connectivity index (χ3v) is 8.09. The summed E-state index contributed by atoms with van der Waals surface area (Å²) in [5, 5.41) is 0. The fourth-order valence-corrected chi connectivity index (χ4v) is 6.66. The molecule has 0 radical (unpaired) electrons. The van der Waals surface area contributed by atoms with E-state index in [0.29, 0.717) is 49.0 Å². The molecular formula is C26H31NO2. The average Bonchev–Trinajstić information content (AvgIpc) is 3.03. The van der Waals surface area contributed by atoms with Gasteiger partial charge >= 0.3 is 0 Å². The van der Waals surface area contributed by atoms with E-state index in [1.807, 2.05) is 18.2 Å².